The summed E-state index contributed by atoms with van der Waals surface area (Å²) in [6.45, 7) is 1.35. The van der Waals surface area contributed by atoms with Gasteiger partial charge in [0, 0.05) is 18.7 Å². The van der Waals surface area contributed by atoms with Gasteiger partial charge >= 0.3 is 6.18 Å². The molecule has 7 heteroatoms. The summed E-state index contributed by atoms with van der Waals surface area (Å²) in [5.41, 5.74) is 6.34. The number of benzene rings is 1. The monoisotopic (exact) mass is 282 g/mol. The molecule has 3 nitrogen and oxygen atoms in total. The predicted octanol–water partition coefficient (Wildman–Crippen LogP) is 3.02. The summed E-state index contributed by atoms with van der Waals surface area (Å²) >= 11 is 0. The number of carbonyl (C=O) groups excluding carboxylic acids is 1. The van der Waals surface area contributed by atoms with E-state index in [1.807, 2.05) is 0 Å². The lowest BCUT2D eigenvalue weighted by Crippen LogP contribution is -2.20. The summed E-state index contributed by atoms with van der Waals surface area (Å²) in [6, 6.07) is 4.91. The fourth-order valence-corrected chi connectivity index (χ4v) is 1.38. The normalized spacial score (nSPS) is 12.5. The highest BCUT2D eigenvalue weighted by Gasteiger charge is 2.30. The molecule has 3 N–H and O–H groups in total. The molecule has 1 amide bonds. The zero-order valence-corrected chi connectivity index (χ0v) is 10.4. The topological polar surface area (TPSA) is 55.1 Å². The lowest BCUT2D eigenvalue weighted by molar-refractivity contribution is -0.138. The van der Waals surface area contributed by atoms with Crippen molar-refractivity contribution in [3.63, 3.8) is 0 Å². The maximum atomic E-state index is 12.1. The molecule has 0 bridgehead atoms. The number of nitrogens with one attached hydrogen (secondary N) is 1. The third-order valence-corrected chi connectivity index (χ3v) is 2.11. The van der Waals surface area contributed by atoms with Gasteiger partial charge in [-0.05, 0) is 17.7 Å². The Labute approximate surface area is 109 Å². The smallest absolute Gasteiger partial charge is 0.326 e. The van der Waals surface area contributed by atoms with Crippen LogP contribution in [0.25, 0.3) is 0 Å². The van der Waals surface area contributed by atoms with Crippen molar-refractivity contribution in [1.29, 1.82) is 0 Å². The standard InChI is InChI=1S/C11H13F3N2O.ClH/c1-7(17)16-9-4-2-8(3-5-9)10(15)6-11(12,13)14;/h2-5,10H,6,15H2,1H3,(H,16,17);1H/t10-;/m1./s1. The SMILES string of the molecule is CC(=O)Nc1ccc([C@H](N)CC(F)(F)F)cc1.Cl. The molecule has 0 aliphatic carbocycles. The Hall–Kier alpha value is -1.27. The van der Waals surface area contributed by atoms with Crippen molar-refractivity contribution in [1.82, 2.24) is 0 Å². The zero-order valence-electron chi connectivity index (χ0n) is 9.62. The Bertz CT molecular complexity index is 392. The molecule has 1 aromatic carbocycles. The van der Waals surface area contributed by atoms with Crippen molar-refractivity contribution < 1.29 is 18.0 Å². The van der Waals surface area contributed by atoms with E-state index >= 15 is 0 Å². The highest BCUT2D eigenvalue weighted by Crippen LogP contribution is 2.28. The van der Waals surface area contributed by atoms with Crippen molar-refractivity contribution in [2.24, 2.45) is 5.73 Å². The minimum Gasteiger partial charge on any atom is -0.326 e. The van der Waals surface area contributed by atoms with E-state index in [-0.39, 0.29) is 18.3 Å². The molecule has 0 aliphatic rings. The number of carbonyl (C=O) groups is 1. The van der Waals surface area contributed by atoms with Gasteiger partial charge in [-0.2, -0.15) is 13.2 Å². The van der Waals surface area contributed by atoms with Gasteiger partial charge in [0.15, 0.2) is 0 Å². The fourth-order valence-electron chi connectivity index (χ4n) is 1.38. The average molecular weight is 283 g/mol. The maximum absolute atomic E-state index is 12.1. The van der Waals surface area contributed by atoms with Crippen LogP contribution in [0.5, 0.6) is 0 Å². The number of alkyl halides is 3. The van der Waals surface area contributed by atoms with Crippen molar-refractivity contribution in [3.05, 3.63) is 29.8 Å². The molecule has 0 spiro atoms. The van der Waals surface area contributed by atoms with E-state index in [1.165, 1.54) is 31.2 Å². The first-order valence-electron chi connectivity index (χ1n) is 4.98. The van der Waals surface area contributed by atoms with Crippen molar-refractivity contribution in [2.75, 3.05) is 5.32 Å². The first-order chi connectivity index (χ1) is 7.78. The summed E-state index contributed by atoms with van der Waals surface area (Å²) in [4.78, 5) is 10.7. The Balaban J connectivity index is 0.00000289. The van der Waals surface area contributed by atoms with Crippen LogP contribution in [0.4, 0.5) is 18.9 Å². The van der Waals surface area contributed by atoms with Gasteiger partial charge in [-0.1, -0.05) is 12.1 Å². The van der Waals surface area contributed by atoms with Crippen LogP contribution in [-0.4, -0.2) is 12.1 Å². The number of hydrogen-bond donors (Lipinski definition) is 2. The minimum absolute atomic E-state index is 0. The Morgan fingerprint density at radius 2 is 1.83 bits per heavy atom. The van der Waals surface area contributed by atoms with Crippen LogP contribution < -0.4 is 11.1 Å². The van der Waals surface area contributed by atoms with Gasteiger partial charge in [-0.15, -0.1) is 12.4 Å². The van der Waals surface area contributed by atoms with Crippen molar-refractivity contribution >= 4 is 24.0 Å². The molecular formula is C11H14ClF3N2O. The number of rotatable bonds is 3. The van der Waals surface area contributed by atoms with Gasteiger partial charge in [0.1, 0.15) is 0 Å². The Morgan fingerprint density at radius 1 is 1.33 bits per heavy atom. The van der Waals surface area contributed by atoms with Crippen LogP contribution in [0.2, 0.25) is 0 Å². The van der Waals surface area contributed by atoms with E-state index in [0.717, 1.165) is 0 Å². The third-order valence-electron chi connectivity index (χ3n) is 2.11. The first-order valence-corrected chi connectivity index (χ1v) is 4.98. The number of anilines is 1. The molecule has 1 atom stereocenters. The van der Waals surface area contributed by atoms with Crippen LogP contribution >= 0.6 is 12.4 Å². The molecule has 18 heavy (non-hydrogen) atoms. The first kappa shape index (κ1) is 16.7. The highest BCUT2D eigenvalue weighted by atomic mass is 35.5. The zero-order chi connectivity index (χ0) is 13.1. The molecule has 0 heterocycles. The van der Waals surface area contributed by atoms with Crippen LogP contribution in [0.3, 0.4) is 0 Å². The highest BCUT2D eigenvalue weighted by molar-refractivity contribution is 5.88. The second-order valence-corrected chi connectivity index (χ2v) is 3.73. The van der Waals surface area contributed by atoms with Gasteiger partial charge in [-0.3, -0.25) is 4.79 Å². The van der Waals surface area contributed by atoms with Crippen molar-refractivity contribution in [3.8, 4) is 0 Å². The average Bonchev–Trinajstić information content (AvgIpc) is 2.15. The second kappa shape index (κ2) is 6.61. The quantitative estimate of drug-likeness (QED) is 0.895. The fraction of sp³-hybridized carbons (Fsp3) is 0.364. The molecule has 0 saturated carbocycles. The summed E-state index contributed by atoms with van der Waals surface area (Å²) in [5.74, 6) is -0.239. The molecular weight excluding hydrogens is 269 g/mol. The van der Waals surface area contributed by atoms with E-state index in [0.29, 0.717) is 11.3 Å². The van der Waals surface area contributed by atoms with Crippen LogP contribution in [0.1, 0.15) is 24.9 Å². The molecule has 0 aromatic heterocycles. The van der Waals surface area contributed by atoms with Crippen molar-refractivity contribution in [2.45, 2.75) is 25.6 Å². The van der Waals surface area contributed by atoms with Gasteiger partial charge < -0.3 is 11.1 Å². The maximum Gasteiger partial charge on any atom is 0.390 e. The van der Waals surface area contributed by atoms with E-state index < -0.39 is 18.6 Å². The lowest BCUT2D eigenvalue weighted by atomic mass is 10.0. The van der Waals surface area contributed by atoms with Crippen LogP contribution in [-0.2, 0) is 4.79 Å². The lowest BCUT2D eigenvalue weighted by Gasteiger charge is -2.14. The summed E-state index contributed by atoms with van der Waals surface area (Å²) < 4.78 is 36.3. The molecule has 0 radical (unpaired) electrons. The van der Waals surface area contributed by atoms with E-state index in [9.17, 15) is 18.0 Å². The van der Waals surface area contributed by atoms with Crippen LogP contribution in [0.15, 0.2) is 24.3 Å². The van der Waals surface area contributed by atoms with Gasteiger partial charge in [0.25, 0.3) is 0 Å². The molecule has 102 valence electrons. The summed E-state index contributed by atoms with van der Waals surface area (Å²) in [6.07, 6.45) is -5.35. The minimum atomic E-state index is -4.28. The number of nitrogens with two attached hydrogens (primary N) is 1. The van der Waals surface area contributed by atoms with Gasteiger partial charge in [-0.25, -0.2) is 0 Å². The Kier molecular flexibility index (Phi) is 6.14. The van der Waals surface area contributed by atoms with Gasteiger partial charge in [0.05, 0.1) is 6.42 Å². The molecule has 1 rings (SSSR count). The number of amides is 1. The van der Waals surface area contributed by atoms with E-state index in [2.05, 4.69) is 5.32 Å². The summed E-state index contributed by atoms with van der Waals surface area (Å²) in [7, 11) is 0. The Morgan fingerprint density at radius 3 is 2.22 bits per heavy atom. The molecule has 1 aromatic rings. The van der Waals surface area contributed by atoms with E-state index in [1.54, 1.807) is 0 Å². The molecule has 0 saturated heterocycles. The van der Waals surface area contributed by atoms with E-state index in [4.69, 9.17) is 5.73 Å². The number of halogens is 4. The third kappa shape index (κ3) is 5.88. The molecule has 0 fully saturated rings. The largest absolute Gasteiger partial charge is 0.390 e. The van der Waals surface area contributed by atoms with Gasteiger partial charge in [0.2, 0.25) is 5.91 Å². The summed E-state index contributed by atoms with van der Waals surface area (Å²) in [5, 5.41) is 2.52. The van der Waals surface area contributed by atoms with Crippen LogP contribution in [0, 0.1) is 0 Å². The predicted molar refractivity (Wildman–Crippen MR) is 65.6 cm³/mol. The molecule has 0 aliphatic heterocycles. The molecule has 0 unspecified atom stereocenters. The number of hydrogen-bond acceptors (Lipinski definition) is 2. The second-order valence-electron chi connectivity index (χ2n) is 3.73.